The predicted molar refractivity (Wildman–Crippen MR) is 159 cm³/mol. The lowest BCUT2D eigenvalue weighted by atomic mass is 10.1. The highest BCUT2D eigenvalue weighted by atomic mass is 16.5. The highest BCUT2D eigenvalue weighted by Gasteiger charge is 2.45. The van der Waals surface area contributed by atoms with Crippen LogP contribution in [0, 0.1) is 17.8 Å². The van der Waals surface area contributed by atoms with E-state index in [0.717, 1.165) is 49.7 Å². The first-order valence-corrected chi connectivity index (χ1v) is 14.7. The molecule has 3 fully saturated rings. The van der Waals surface area contributed by atoms with Gasteiger partial charge in [-0.25, -0.2) is 4.79 Å². The quantitative estimate of drug-likeness (QED) is 0.225. The lowest BCUT2D eigenvalue weighted by Gasteiger charge is -2.26. The van der Waals surface area contributed by atoms with Gasteiger partial charge in [-0.3, -0.25) is 4.79 Å². The van der Waals surface area contributed by atoms with Crippen LogP contribution in [0.2, 0.25) is 0 Å². The van der Waals surface area contributed by atoms with Crippen LogP contribution in [-0.2, 0) is 28.5 Å². The van der Waals surface area contributed by atoms with E-state index in [1.54, 1.807) is 27.2 Å². The second-order valence-electron chi connectivity index (χ2n) is 10.5. The van der Waals surface area contributed by atoms with Gasteiger partial charge in [-0.05, 0) is 67.7 Å². The number of methoxy groups -OCH3 is 2. The van der Waals surface area contributed by atoms with Crippen molar-refractivity contribution < 1.29 is 47.5 Å². The van der Waals surface area contributed by atoms with Gasteiger partial charge in [0.1, 0.15) is 0 Å². The van der Waals surface area contributed by atoms with E-state index in [-0.39, 0.29) is 23.8 Å². The first kappa shape index (κ1) is 32.2. The maximum absolute atomic E-state index is 11.7. The van der Waals surface area contributed by atoms with E-state index < -0.39 is 0 Å². The number of ether oxygens (including phenoxy) is 8. The molecule has 0 radical (unpaired) electrons. The Morgan fingerprint density at radius 1 is 0.791 bits per heavy atom. The van der Waals surface area contributed by atoms with Crippen molar-refractivity contribution in [3.8, 4) is 23.0 Å². The number of hydrogen-bond acceptors (Lipinski definition) is 10. The molecule has 43 heavy (non-hydrogen) atoms. The molecule has 3 aliphatic rings. The third kappa shape index (κ3) is 9.36. The van der Waals surface area contributed by atoms with E-state index in [0.29, 0.717) is 55.5 Å². The van der Waals surface area contributed by atoms with Crippen LogP contribution in [0.5, 0.6) is 23.0 Å². The van der Waals surface area contributed by atoms with E-state index >= 15 is 0 Å². The van der Waals surface area contributed by atoms with Gasteiger partial charge in [-0.1, -0.05) is 12.1 Å². The monoisotopic (exact) mass is 598 g/mol. The van der Waals surface area contributed by atoms with Crippen LogP contribution >= 0.6 is 0 Å². The Labute approximate surface area is 253 Å². The highest BCUT2D eigenvalue weighted by Crippen LogP contribution is 2.49. The number of benzene rings is 2. The molecule has 1 aliphatic carbocycles. The van der Waals surface area contributed by atoms with Gasteiger partial charge in [-0.15, -0.1) is 0 Å². The molecule has 2 aromatic rings. The van der Waals surface area contributed by atoms with Crippen LogP contribution < -0.4 is 18.9 Å². The van der Waals surface area contributed by atoms with Crippen molar-refractivity contribution >= 4 is 18.0 Å². The maximum Gasteiger partial charge on any atom is 0.330 e. The standard InChI is InChI=1S/C17H22O5.C16H20O5/c1-3-21-17(18)14-7-13(14)12-4-5-15(16(6-12)19-2)22-10-11-8-20-9-11;1-3-20-16(17)7-5-12-4-6-14(15(8-12)18-2)21-11-13-9-19-10-13/h4-6,11,13-14H,3,7-10H2,1-2H3;4-8,13H,3,9-11H2,1-2H3/b;7-5+. The molecule has 2 heterocycles. The molecule has 2 unspecified atom stereocenters. The normalized spacial score (nSPS) is 19.3. The Balaban J connectivity index is 0.000000197. The molecule has 5 rings (SSSR count). The molecule has 0 aromatic heterocycles. The Bertz CT molecular complexity index is 1230. The second-order valence-corrected chi connectivity index (χ2v) is 10.5. The molecule has 1 saturated carbocycles. The SMILES string of the molecule is CCOC(=O)/C=C/c1ccc(OCC2COC2)c(OC)c1.CCOC(=O)C1CC1c1ccc(OCC2COC2)c(OC)c1. The molecule has 0 bridgehead atoms. The van der Waals surface area contributed by atoms with Gasteiger partial charge < -0.3 is 37.9 Å². The Hall–Kier alpha value is -3.76. The van der Waals surface area contributed by atoms with Gasteiger partial charge in [0, 0.05) is 17.9 Å². The topological polar surface area (TPSA) is 108 Å². The van der Waals surface area contributed by atoms with Crippen LogP contribution in [0.25, 0.3) is 6.08 Å². The zero-order valence-corrected chi connectivity index (χ0v) is 25.4. The predicted octanol–water partition coefficient (Wildman–Crippen LogP) is 4.68. The van der Waals surface area contributed by atoms with E-state index in [2.05, 4.69) is 0 Å². The van der Waals surface area contributed by atoms with Gasteiger partial charge in [0.05, 0.1) is 73.0 Å². The minimum Gasteiger partial charge on any atom is -0.493 e. The summed E-state index contributed by atoms with van der Waals surface area (Å²) in [4.78, 5) is 23.0. The number of hydrogen-bond donors (Lipinski definition) is 0. The molecular formula is C33H42O10. The molecule has 234 valence electrons. The molecule has 2 aromatic carbocycles. The largest absolute Gasteiger partial charge is 0.493 e. The van der Waals surface area contributed by atoms with Crippen molar-refractivity contribution in [2.45, 2.75) is 26.2 Å². The van der Waals surface area contributed by atoms with Gasteiger partial charge >= 0.3 is 11.9 Å². The average Bonchev–Trinajstić information content (AvgIpc) is 3.77. The van der Waals surface area contributed by atoms with Gasteiger partial charge in [0.25, 0.3) is 0 Å². The lowest BCUT2D eigenvalue weighted by molar-refractivity contribution is -0.144. The number of carbonyl (C=O) groups is 2. The van der Waals surface area contributed by atoms with Crippen LogP contribution in [-0.4, -0.2) is 79.0 Å². The minimum atomic E-state index is -0.359. The smallest absolute Gasteiger partial charge is 0.330 e. The molecule has 0 amide bonds. The first-order valence-electron chi connectivity index (χ1n) is 14.7. The lowest BCUT2D eigenvalue weighted by Crippen LogP contribution is -2.32. The fraction of sp³-hybridized carbons (Fsp3) is 0.515. The van der Waals surface area contributed by atoms with Crippen molar-refractivity contribution in [3.63, 3.8) is 0 Å². The van der Waals surface area contributed by atoms with Crippen LogP contribution in [0.3, 0.4) is 0 Å². The molecule has 2 atom stereocenters. The zero-order chi connectivity index (χ0) is 30.6. The van der Waals surface area contributed by atoms with Crippen molar-refractivity contribution in [1.82, 2.24) is 0 Å². The fourth-order valence-corrected chi connectivity index (χ4v) is 4.55. The zero-order valence-electron chi connectivity index (χ0n) is 25.4. The Morgan fingerprint density at radius 2 is 1.37 bits per heavy atom. The third-order valence-electron chi connectivity index (χ3n) is 7.25. The highest BCUT2D eigenvalue weighted by molar-refractivity contribution is 5.87. The summed E-state index contributed by atoms with van der Waals surface area (Å²) in [5, 5.41) is 0. The summed E-state index contributed by atoms with van der Waals surface area (Å²) < 4.78 is 42.4. The molecule has 10 nitrogen and oxygen atoms in total. The third-order valence-corrected chi connectivity index (χ3v) is 7.25. The van der Waals surface area contributed by atoms with E-state index in [4.69, 9.17) is 37.9 Å². The van der Waals surface area contributed by atoms with E-state index in [1.165, 1.54) is 6.08 Å². The molecule has 0 spiro atoms. The van der Waals surface area contributed by atoms with Crippen molar-refractivity contribution in [3.05, 3.63) is 53.6 Å². The van der Waals surface area contributed by atoms with Crippen molar-refractivity contribution in [2.24, 2.45) is 17.8 Å². The fourth-order valence-electron chi connectivity index (χ4n) is 4.55. The van der Waals surface area contributed by atoms with Gasteiger partial charge in [0.15, 0.2) is 23.0 Å². The summed E-state index contributed by atoms with van der Waals surface area (Å²) in [7, 11) is 3.22. The average molecular weight is 599 g/mol. The van der Waals surface area contributed by atoms with Crippen LogP contribution in [0.4, 0.5) is 0 Å². The number of esters is 2. The van der Waals surface area contributed by atoms with Crippen molar-refractivity contribution in [2.75, 3.05) is 67.1 Å². The van der Waals surface area contributed by atoms with Gasteiger partial charge in [0.2, 0.25) is 0 Å². The molecule has 2 aliphatic heterocycles. The molecule has 2 saturated heterocycles. The van der Waals surface area contributed by atoms with E-state index in [1.807, 2.05) is 43.3 Å². The summed E-state index contributed by atoms with van der Waals surface area (Å²) >= 11 is 0. The molecular weight excluding hydrogens is 556 g/mol. The van der Waals surface area contributed by atoms with E-state index in [9.17, 15) is 9.59 Å². The summed E-state index contributed by atoms with van der Waals surface area (Å²) in [6.45, 7) is 8.70. The van der Waals surface area contributed by atoms with Crippen LogP contribution in [0.1, 0.15) is 37.3 Å². The summed E-state index contributed by atoms with van der Waals surface area (Å²) in [5.74, 6) is 3.49. The van der Waals surface area contributed by atoms with Gasteiger partial charge in [-0.2, -0.15) is 0 Å². The number of rotatable bonds is 14. The summed E-state index contributed by atoms with van der Waals surface area (Å²) in [5.41, 5.74) is 1.95. The maximum atomic E-state index is 11.7. The Morgan fingerprint density at radius 3 is 1.91 bits per heavy atom. The minimum absolute atomic E-state index is 0.0106. The number of carbonyl (C=O) groups excluding carboxylic acids is 2. The molecule has 10 heteroatoms. The Kier molecular flexibility index (Phi) is 12.1. The summed E-state index contributed by atoms with van der Waals surface area (Å²) in [6, 6.07) is 11.4. The van der Waals surface area contributed by atoms with Crippen molar-refractivity contribution in [1.29, 1.82) is 0 Å². The second kappa shape index (κ2) is 16.2. The molecule has 0 N–H and O–H groups in total. The summed E-state index contributed by atoms with van der Waals surface area (Å²) in [6.07, 6.45) is 3.93. The van der Waals surface area contributed by atoms with Crippen LogP contribution in [0.15, 0.2) is 42.5 Å². The first-order chi connectivity index (χ1) is 20.9.